The van der Waals surface area contributed by atoms with Gasteiger partial charge in [-0.25, -0.2) is 4.98 Å². The highest BCUT2D eigenvalue weighted by atomic mass is 35.5. The molecule has 8 nitrogen and oxygen atoms in total. The fraction of sp³-hybridized carbons (Fsp3) is 0.300. The molecule has 41 heavy (non-hydrogen) atoms. The molecular formula is C30H29Cl2N3O5S. The van der Waals surface area contributed by atoms with Crippen molar-refractivity contribution < 1.29 is 23.5 Å². The molecule has 0 spiro atoms. The molecule has 0 N–H and O–H groups in total. The number of thiazole rings is 1. The molecule has 0 saturated carbocycles. The van der Waals surface area contributed by atoms with Crippen molar-refractivity contribution in [2.45, 2.75) is 25.7 Å². The van der Waals surface area contributed by atoms with Crippen molar-refractivity contribution in [2.75, 3.05) is 34.4 Å². The zero-order valence-electron chi connectivity index (χ0n) is 23.1. The second-order valence-electron chi connectivity index (χ2n) is 9.62. The van der Waals surface area contributed by atoms with Gasteiger partial charge < -0.3 is 23.6 Å². The first-order chi connectivity index (χ1) is 19.8. The fourth-order valence-corrected chi connectivity index (χ4v) is 6.09. The summed E-state index contributed by atoms with van der Waals surface area (Å²) >= 11 is 13.8. The number of nitrogens with zero attached hydrogens (tertiary/aromatic N) is 3. The second kappa shape index (κ2) is 12.5. The molecule has 214 valence electrons. The quantitative estimate of drug-likeness (QED) is 0.189. The smallest absolute Gasteiger partial charge is 0.249 e. The summed E-state index contributed by atoms with van der Waals surface area (Å²) in [5.74, 6) is 2.59. The van der Waals surface area contributed by atoms with Crippen LogP contribution < -0.4 is 14.2 Å². The summed E-state index contributed by atoms with van der Waals surface area (Å²) in [4.78, 5) is 20.0. The number of carbonyl (C=O) groups is 1. The lowest BCUT2D eigenvalue weighted by atomic mass is 9.97. The minimum Gasteiger partial charge on any atom is -0.496 e. The Kier molecular flexibility index (Phi) is 8.87. The van der Waals surface area contributed by atoms with E-state index in [-0.39, 0.29) is 11.8 Å². The molecule has 1 amide bonds. The number of methoxy groups -OCH3 is 3. The Morgan fingerprint density at radius 1 is 0.976 bits per heavy atom. The van der Waals surface area contributed by atoms with Crippen molar-refractivity contribution in [3.05, 3.63) is 68.0 Å². The van der Waals surface area contributed by atoms with Gasteiger partial charge in [0.05, 0.1) is 36.4 Å². The van der Waals surface area contributed by atoms with Crippen molar-refractivity contribution in [1.82, 2.24) is 15.0 Å². The summed E-state index contributed by atoms with van der Waals surface area (Å²) < 4.78 is 21.9. The number of amides is 1. The topological polar surface area (TPSA) is 86.9 Å². The third-order valence-electron chi connectivity index (χ3n) is 7.08. The number of piperidine rings is 1. The van der Waals surface area contributed by atoms with Gasteiger partial charge in [-0.2, -0.15) is 0 Å². The van der Waals surface area contributed by atoms with E-state index in [4.69, 9.17) is 46.9 Å². The molecule has 0 unspecified atom stereocenters. The number of hydrogen-bond acceptors (Lipinski definition) is 8. The first-order valence-electron chi connectivity index (χ1n) is 13.0. The van der Waals surface area contributed by atoms with Crippen molar-refractivity contribution >= 4 is 46.5 Å². The van der Waals surface area contributed by atoms with E-state index in [1.54, 1.807) is 50.9 Å². The lowest BCUT2D eigenvalue weighted by Crippen LogP contribution is -2.38. The van der Waals surface area contributed by atoms with Gasteiger partial charge in [-0.05, 0) is 44.0 Å². The maximum absolute atomic E-state index is 13.3. The number of benzene rings is 2. The first kappa shape index (κ1) is 29.0. The maximum Gasteiger partial charge on any atom is 0.249 e. The summed E-state index contributed by atoms with van der Waals surface area (Å²) in [7, 11) is 4.73. The van der Waals surface area contributed by atoms with Gasteiger partial charge in [0.15, 0.2) is 17.3 Å². The van der Waals surface area contributed by atoms with Crippen LogP contribution in [0.5, 0.6) is 17.2 Å². The van der Waals surface area contributed by atoms with Gasteiger partial charge in [0.25, 0.3) is 0 Å². The van der Waals surface area contributed by atoms with E-state index in [1.807, 2.05) is 41.5 Å². The summed E-state index contributed by atoms with van der Waals surface area (Å²) in [5.41, 5.74) is 3.58. The molecule has 1 fully saturated rings. The van der Waals surface area contributed by atoms with Crippen molar-refractivity contribution in [3.8, 4) is 40.0 Å². The van der Waals surface area contributed by atoms with E-state index in [2.05, 4.69) is 5.16 Å². The highest BCUT2D eigenvalue weighted by Crippen LogP contribution is 2.37. The lowest BCUT2D eigenvalue weighted by Gasteiger charge is -2.31. The molecular weight excluding hydrogens is 585 g/mol. The van der Waals surface area contributed by atoms with Crippen LogP contribution in [-0.2, 0) is 4.79 Å². The van der Waals surface area contributed by atoms with Crippen molar-refractivity contribution in [3.63, 3.8) is 0 Å². The number of carbonyl (C=O) groups excluding carboxylic acids is 1. The largest absolute Gasteiger partial charge is 0.496 e. The first-order valence-corrected chi connectivity index (χ1v) is 14.6. The predicted octanol–water partition coefficient (Wildman–Crippen LogP) is 7.61. The third-order valence-corrected chi connectivity index (χ3v) is 8.82. The van der Waals surface area contributed by atoms with E-state index in [1.165, 1.54) is 0 Å². The van der Waals surface area contributed by atoms with Crippen LogP contribution in [0, 0.1) is 0 Å². The minimum atomic E-state index is -0.00314. The highest BCUT2D eigenvalue weighted by molar-refractivity contribution is 7.10. The summed E-state index contributed by atoms with van der Waals surface area (Å²) in [6.45, 7) is 3.12. The Bertz CT molecular complexity index is 1590. The number of likely N-dealkylation sites (tertiary alicyclic amines) is 1. The van der Waals surface area contributed by atoms with Gasteiger partial charge in [-0.3, -0.25) is 4.79 Å². The number of rotatable bonds is 8. The third kappa shape index (κ3) is 6.22. The molecule has 3 heterocycles. The molecule has 2 aromatic carbocycles. The molecule has 5 rings (SSSR count). The van der Waals surface area contributed by atoms with Crippen LogP contribution in [0.25, 0.3) is 28.8 Å². The van der Waals surface area contributed by atoms with Crippen molar-refractivity contribution in [1.29, 1.82) is 0 Å². The predicted molar refractivity (Wildman–Crippen MR) is 161 cm³/mol. The Morgan fingerprint density at radius 2 is 1.68 bits per heavy atom. The van der Waals surface area contributed by atoms with Gasteiger partial charge in [0, 0.05) is 53.2 Å². The summed E-state index contributed by atoms with van der Waals surface area (Å²) in [5, 5.41) is 8.13. The summed E-state index contributed by atoms with van der Waals surface area (Å²) in [6, 6.07) is 10.7. The number of ether oxygens (including phenoxy) is 3. The molecule has 11 heteroatoms. The van der Waals surface area contributed by atoms with Crippen LogP contribution in [0.3, 0.4) is 0 Å². The van der Waals surface area contributed by atoms with Crippen molar-refractivity contribution in [2.24, 2.45) is 0 Å². The average molecular weight is 615 g/mol. The fourth-order valence-electron chi connectivity index (χ4n) is 4.82. The molecule has 0 radical (unpaired) electrons. The van der Waals surface area contributed by atoms with Crippen LogP contribution in [0.2, 0.25) is 10.0 Å². The Hall–Kier alpha value is -3.53. The van der Waals surface area contributed by atoms with E-state index in [9.17, 15) is 4.79 Å². The average Bonchev–Trinajstić information content (AvgIpc) is 3.68. The number of hydrogen-bond donors (Lipinski definition) is 0. The summed E-state index contributed by atoms with van der Waals surface area (Å²) in [6.07, 6.45) is 3.49. The van der Waals surface area contributed by atoms with Crippen LogP contribution in [0.4, 0.5) is 0 Å². The molecule has 0 bridgehead atoms. The Balaban J connectivity index is 1.23. The monoisotopic (exact) mass is 613 g/mol. The van der Waals surface area contributed by atoms with Gasteiger partial charge in [0.2, 0.25) is 5.91 Å². The van der Waals surface area contributed by atoms with E-state index in [0.29, 0.717) is 57.4 Å². The molecule has 0 atom stereocenters. The standard InChI is InChI=1S/C30H29Cl2N3O5S/c1-17(11-20-13-27(38-3)28(39-4)15-25(20)37-2)30(36)35-9-7-18(8-10-35)29-33-24(16-41-29)26-14-23(34-40-26)19-5-6-21(31)22(32)12-19/h5-6,11-16,18H,7-10H2,1-4H3. The van der Waals surface area contributed by atoms with Crippen LogP contribution in [0.15, 0.2) is 51.9 Å². The zero-order valence-corrected chi connectivity index (χ0v) is 25.4. The molecule has 1 aliphatic rings. The number of halogens is 2. The second-order valence-corrected chi connectivity index (χ2v) is 11.3. The zero-order chi connectivity index (χ0) is 29.1. The molecule has 2 aromatic heterocycles. The van der Waals surface area contributed by atoms with Crippen LogP contribution in [0.1, 0.15) is 36.3 Å². The maximum atomic E-state index is 13.3. The van der Waals surface area contributed by atoms with E-state index < -0.39 is 0 Å². The van der Waals surface area contributed by atoms with Gasteiger partial charge in [-0.15, -0.1) is 11.3 Å². The Morgan fingerprint density at radius 3 is 2.37 bits per heavy atom. The van der Waals surface area contributed by atoms with Gasteiger partial charge in [-0.1, -0.05) is 34.4 Å². The van der Waals surface area contributed by atoms with Gasteiger partial charge in [0.1, 0.15) is 17.1 Å². The lowest BCUT2D eigenvalue weighted by molar-refractivity contribution is -0.128. The van der Waals surface area contributed by atoms with Crippen LogP contribution >= 0.6 is 34.5 Å². The molecule has 0 aliphatic carbocycles. The Labute approximate surface area is 252 Å². The normalized spacial score (nSPS) is 14.3. The van der Waals surface area contributed by atoms with Crippen LogP contribution in [-0.4, -0.2) is 55.4 Å². The number of aromatic nitrogens is 2. The van der Waals surface area contributed by atoms with E-state index >= 15 is 0 Å². The molecule has 1 saturated heterocycles. The minimum absolute atomic E-state index is 0.00314. The molecule has 4 aromatic rings. The van der Waals surface area contributed by atoms with E-state index in [0.717, 1.165) is 34.7 Å². The van der Waals surface area contributed by atoms with Gasteiger partial charge >= 0.3 is 0 Å². The molecule has 1 aliphatic heterocycles. The highest BCUT2D eigenvalue weighted by Gasteiger charge is 2.27. The SMILES string of the molecule is COc1cc(OC)c(OC)cc1C=C(C)C(=O)N1CCC(c2nc(-c3cc(-c4ccc(Cl)c(Cl)c4)no3)cs2)CC1.